The van der Waals surface area contributed by atoms with Gasteiger partial charge in [0, 0.05) is 12.6 Å². The van der Waals surface area contributed by atoms with Crippen LogP contribution in [0.2, 0.25) is 0 Å². The molecule has 20 heavy (non-hydrogen) atoms. The van der Waals surface area contributed by atoms with Gasteiger partial charge in [0.25, 0.3) is 5.91 Å². The van der Waals surface area contributed by atoms with Crippen molar-refractivity contribution in [3.8, 4) is 0 Å². The van der Waals surface area contributed by atoms with Crippen molar-refractivity contribution in [2.24, 2.45) is 7.05 Å². The molecule has 0 aliphatic heterocycles. The average Bonchev–Trinajstić information content (AvgIpc) is 2.80. The van der Waals surface area contributed by atoms with Gasteiger partial charge in [0.1, 0.15) is 6.04 Å². The van der Waals surface area contributed by atoms with E-state index in [0.717, 1.165) is 11.0 Å². The first-order valence-corrected chi connectivity index (χ1v) is 6.41. The van der Waals surface area contributed by atoms with Gasteiger partial charge in [-0.1, -0.05) is 0 Å². The Morgan fingerprint density at radius 2 is 2.20 bits per heavy atom. The van der Waals surface area contributed by atoms with Gasteiger partial charge < -0.3 is 14.6 Å². The third kappa shape index (κ3) is 2.79. The van der Waals surface area contributed by atoms with E-state index in [9.17, 15) is 9.59 Å². The van der Waals surface area contributed by atoms with Gasteiger partial charge in [-0.3, -0.25) is 4.79 Å². The molecule has 106 valence electrons. The number of nitrogens with zero attached hydrogens (tertiary/aromatic N) is 2. The highest BCUT2D eigenvalue weighted by Crippen LogP contribution is 2.13. The van der Waals surface area contributed by atoms with E-state index in [1.165, 1.54) is 0 Å². The van der Waals surface area contributed by atoms with Crippen LogP contribution in [0.1, 0.15) is 24.2 Å². The number of aromatic nitrogens is 2. The number of hydrogen-bond acceptors (Lipinski definition) is 4. The number of nitrogens with one attached hydrogen (secondary N) is 1. The first-order valence-electron chi connectivity index (χ1n) is 6.41. The van der Waals surface area contributed by atoms with Crippen molar-refractivity contribution in [3.05, 3.63) is 30.1 Å². The number of carbonyl (C=O) groups is 2. The Labute approximate surface area is 116 Å². The zero-order valence-electron chi connectivity index (χ0n) is 11.7. The minimum Gasteiger partial charge on any atom is -0.464 e. The van der Waals surface area contributed by atoms with E-state index in [2.05, 4.69) is 10.3 Å². The minimum absolute atomic E-state index is 0.291. The van der Waals surface area contributed by atoms with Crippen molar-refractivity contribution < 1.29 is 14.3 Å². The van der Waals surface area contributed by atoms with Gasteiger partial charge in [0.05, 0.1) is 24.0 Å². The van der Waals surface area contributed by atoms with Gasteiger partial charge in [-0.15, -0.1) is 0 Å². The molecule has 0 fully saturated rings. The van der Waals surface area contributed by atoms with E-state index in [4.69, 9.17) is 4.74 Å². The second kappa shape index (κ2) is 5.73. The third-order valence-electron chi connectivity index (χ3n) is 2.98. The number of amides is 1. The summed E-state index contributed by atoms with van der Waals surface area (Å²) in [6.45, 7) is 3.61. The molecule has 6 heteroatoms. The Kier molecular flexibility index (Phi) is 4.02. The maximum Gasteiger partial charge on any atom is 0.328 e. The van der Waals surface area contributed by atoms with Gasteiger partial charge >= 0.3 is 5.97 Å². The van der Waals surface area contributed by atoms with Crippen molar-refractivity contribution in [3.63, 3.8) is 0 Å². The number of aryl methyl sites for hydroxylation is 1. The predicted molar refractivity (Wildman–Crippen MR) is 74.3 cm³/mol. The predicted octanol–water partition coefficient (Wildman–Crippen LogP) is 1.25. The maximum absolute atomic E-state index is 12.1. The van der Waals surface area contributed by atoms with E-state index in [-0.39, 0.29) is 5.91 Å². The number of imidazole rings is 1. The number of esters is 1. The molecule has 0 saturated heterocycles. The van der Waals surface area contributed by atoms with Crippen LogP contribution in [-0.2, 0) is 16.6 Å². The summed E-state index contributed by atoms with van der Waals surface area (Å²) < 4.78 is 6.72. The molecule has 0 aliphatic carbocycles. The summed E-state index contributed by atoms with van der Waals surface area (Å²) in [4.78, 5) is 27.7. The topological polar surface area (TPSA) is 73.2 Å². The summed E-state index contributed by atoms with van der Waals surface area (Å²) in [5.74, 6) is -0.766. The van der Waals surface area contributed by atoms with Crippen molar-refractivity contribution >= 4 is 22.9 Å². The monoisotopic (exact) mass is 275 g/mol. The zero-order valence-corrected chi connectivity index (χ0v) is 11.7. The second-order valence-electron chi connectivity index (χ2n) is 4.51. The molecule has 1 N–H and O–H groups in total. The van der Waals surface area contributed by atoms with Crippen LogP contribution in [0, 0.1) is 0 Å². The lowest BCUT2D eigenvalue weighted by Gasteiger charge is -2.12. The Morgan fingerprint density at radius 3 is 2.90 bits per heavy atom. The number of benzene rings is 1. The van der Waals surface area contributed by atoms with Crippen molar-refractivity contribution in [1.29, 1.82) is 0 Å². The maximum atomic E-state index is 12.1. The SMILES string of the molecule is CCOC(=O)[C@@H](C)NC(=O)c1ccc2c(c1)ncn2C. The Morgan fingerprint density at radius 1 is 1.45 bits per heavy atom. The van der Waals surface area contributed by atoms with Crippen LogP contribution in [-0.4, -0.2) is 34.1 Å². The summed E-state index contributed by atoms with van der Waals surface area (Å²) in [5, 5.41) is 2.60. The van der Waals surface area contributed by atoms with Crippen LogP contribution in [0.25, 0.3) is 11.0 Å². The molecule has 1 aromatic heterocycles. The Balaban J connectivity index is 2.13. The van der Waals surface area contributed by atoms with Crippen LogP contribution < -0.4 is 5.32 Å². The summed E-state index contributed by atoms with van der Waals surface area (Å²) >= 11 is 0. The summed E-state index contributed by atoms with van der Waals surface area (Å²) in [6.07, 6.45) is 1.69. The molecule has 1 aromatic carbocycles. The van der Waals surface area contributed by atoms with Crippen molar-refractivity contribution in [2.45, 2.75) is 19.9 Å². The fraction of sp³-hybridized carbons (Fsp3) is 0.357. The molecule has 0 bridgehead atoms. The normalized spacial score (nSPS) is 12.2. The second-order valence-corrected chi connectivity index (χ2v) is 4.51. The van der Waals surface area contributed by atoms with E-state index in [1.54, 1.807) is 32.3 Å². The molecular weight excluding hydrogens is 258 g/mol. The molecule has 1 atom stereocenters. The highest BCUT2D eigenvalue weighted by molar-refractivity contribution is 5.99. The molecule has 6 nitrogen and oxygen atoms in total. The van der Waals surface area contributed by atoms with Gasteiger partial charge in [-0.2, -0.15) is 0 Å². The van der Waals surface area contributed by atoms with Crippen LogP contribution >= 0.6 is 0 Å². The summed E-state index contributed by atoms with van der Waals surface area (Å²) in [5.41, 5.74) is 2.15. The van der Waals surface area contributed by atoms with E-state index >= 15 is 0 Å². The molecule has 0 aliphatic rings. The highest BCUT2D eigenvalue weighted by atomic mass is 16.5. The van der Waals surface area contributed by atoms with E-state index < -0.39 is 12.0 Å². The van der Waals surface area contributed by atoms with E-state index in [0.29, 0.717) is 12.2 Å². The molecule has 0 saturated carbocycles. The molecule has 1 heterocycles. The lowest BCUT2D eigenvalue weighted by atomic mass is 10.1. The van der Waals surface area contributed by atoms with Crippen LogP contribution in [0.4, 0.5) is 0 Å². The Hall–Kier alpha value is -2.37. The summed E-state index contributed by atoms with van der Waals surface area (Å²) in [6, 6.07) is 4.55. The van der Waals surface area contributed by atoms with Gasteiger partial charge in [0.15, 0.2) is 0 Å². The molecule has 1 amide bonds. The van der Waals surface area contributed by atoms with Crippen LogP contribution in [0.15, 0.2) is 24.5 Å². The fourth-order valence-electron chi connectivity index (χ4n) is 1.88. The zero-order chi connectivity index (χ0) is 14.7. The summed E-state index contributed by atoms with van der Waals surface area (Å²) in [7, 11) is 1.89. The minimum atomic E-state index is -0.679. The molecule has 0 radical (unpaired) electrons. The largest absolute Gasteiger partial charge is 0.464 e. The first-order chi connectivity index (χ1) is 9.52. The molecule has 2 aromatic rings. The standard InChI is InChI=1S/C14H17N3O3/c1-4-20-14(19)9(2)16-13(18)10-5-6-12-11(7-10)15-8-17(12)3/h5-9H,4H2,1-3H3,(H,16,18)/t9-/m1/s1. The Bertz CT molecular complexity index is 648. The number of ether oxygens (including phenoxy) is 1. The molecule has 0 spiro atoms. The van der Waals surface area contributed by atoms with Gasteiger partial charge in [0.2, 0.25) is 0 Å². The van der Waals surface area contributed by atoms with Gasteiger partial charge in [-0.05, 0) is 32.0 Å². The molecule has 2 rings (SSSR count). The number of carbonyl (C=O) groups excluding carboxylic acids is 2. The average molecular weight is 275 g/mol. The molecule has 0 unspecified atom stereocenters. The smallest absolute Gasteiger partial charge is 0.328 e. The van der Waals surface area contributed by atoms with Crippen molar-refractivity contribution in [1.82, 2.24) is 14.9 Å². The van der Waals surface area contributed by atoms with E-state index in [1.807, 2.05) is 17.7 Å². The lowest BCUT2D eigenvalue weighted by Crippen LogP contribution is -2.39. The number of fused-ring (bicyclic) bond motifs is 1. The highest BCUT2D eigenvalue weighted by Gasteiger charge is 2.17. The lowest BCUT2D eigenvalue weighted by molar-refractivity contribution is -0.144. The first kappa shape index (κ1) is 14.0. The number of rotatable bonds is 4. The van der Waals surface area contributed by atoms with Crippen LogP contribution in [0.3, 0.4) is 0 Å². The third-order valence-corrected chi connectivity index (χ3v) is 2.98. The number of hydrogen-bond donors (Lipinski definition) is 1. The van der Waals surface area contributed by atoms with Crippen molar-refractivity contribution in [2.75, 3.05) is 6.61 Å². The van der Waals surface area contributed by atoms with Gasteiger partial charge in [-0.25, -0.2) is 9.78 Å². The van der Waals surface area contributed by atoms with Crippen LogP contribution in [0.5, 0.6) is 0 Å². The molecular formula is C14H17N3O3. The quantitative estimate of drug-likeness (QED) is 0.852. The fourth-order valence-corrected chi connectivity index (χ4v) is 1.88.